The molecule has 6 nitrogen and oxygen atoms in total. The predicted octanol–water partition coefficient (Wildman–Crippen LogP) is 3.20. The molecule has 2 rings (SSSR count). The van der Waals surface area contributed by atoms with Crippen molar-refractivity contribution in [3.05, 3.63) is 18.2 Å². The average molecular weight is 422 g/mol. The first-order valence-electron chi connectivity index (χ1n) is 9.22. The van der Waals surface area contributed by atoms with E-state index in [9.17, 15) is 4.79 Å². The van der Waals surface area contributed by atoms with Gasteiger partial charge in [-0.05, 0) is 44.6 Å². The number of hydrogen-bond acceptors (Lipinski definition) is 5. The maximum atomic E-state index is 12.4. The van der Waals surface area contributed by atoms with Gasteiger partial charge in [-0.25, -0.2) is 0 Å². The Morgan fingerprint density at radius 3 is 2.59 bits per heavy atom. The summed E-state index contributed by atoms with van der Waals surface area (Å²) in [6.45, 7) is 9.47. The van der Waals surface area contributed by atoms with Gasteiger partial charge in [0.25, 0.3) is 0 Å². The molecule has 27 heavy (non-hydrogen) atoms. The first kappa shape index (κ1) is 25.8. The zero-order valence-electron chi connectivity index (χ0n) is 16.5. The first-order chi connectivity index (χ1) is 12.2. The summed E-state index contributed by atoms with van der Waals surface area (Å²) in [6, 6.07) is 5.53. The predicted molar refractivity (Wildman–Crippen MR) is 115 cm³/mol. The second-order valence-corrected chi connectivity index (χ2v) is 6.27. The van der Waals surface area contributed by atoms with Crippen LogP contribution in [0.25, 0.3) is 0 Å². The smallest absolute Gasteiger partial charge is 0.228 e. The normalized spacial score (nSPS) is 16.1. The van der Waals surface area contributed by atoms with Crippen LogP contribution in [0.5, 0.6) is 11.5 Å². The van der Waals surface area contributed by atoms with Crippen LogP contribution in [0.2, 0.25) is 0 Å². The van der Waals surface area contributed by atoms with Crippen LogP contribution in [-0.2, 0) is 4.79 Å². The number of carbonyl (C=O) groups is 1. The van der Waals surface area contributed by atoms with Gasteiger partial charge in [0.2, 0.25) is 5.91 Å². The van der Waals surface area contributed by atoms with Crippen molar-refractivity contribution >= 4 is 36.4 Å². The van der Waals surface area contributed by atoms with Crippen LogP contribution in [0.1, 0.15) is 26.7 Å². The summed E-state index contributed by atoms with van der Waals surface area (Å²) in [5.41, 5.74) is 0.745. The molecule has 1 aromatic rings. The van der Waals surface area contributed by atoms with Gasteiger partial charge < -0.3 is 25.0 Å². The molecular weight excluding hydrogens is 389 g/mol. The van der Waals surface area contributed by atoms with Crippen LogP contribution in [0.3, 0.4) is 0 Å². The highest BCUT2D eigenvalue weighted by molar-refractivity contribution is 5.93. The van der Waals surface area contributed by atoms with E-state index >= 15 is 0 Å². The van der Waals surface area contributed by atoms with Crippen molar-refractivity contribution in [1.29, 1.82) is 0 Å². The van der Waals surface area contributed by atoms with Gasteiger partial charge >= 0.3 is 0 Å². The van der Waals surface area contributed by atoms with Gasteiger partial charge in [-0.1, -0.05) is 13.8 Å². The molecule has 0 aliphatic carbocycles. The number of nitrogens with zero attached hydrogens (tertiary/aromatic N) is 1. The van der Waals surface area contributed by atoms with Gasteiger partial charge in [0.1, 0.15) is 6.61 Å². The molecule has 1 unspecified atom stereocenters. The number of carbonyl (C=O) groups excluding carboxylic acids is 1. The largest absolute Gasteiger partial charge is 0.493 e. The lowest BCUT2D eigenvalue weighted by Crippen LogP contribution is -2.37. The molecule has 1 saturated heterocycles. The molecular formula is C19H33Cl2N3O3. The summed E-state index contributed by atoms with van der Waals surface area (Å²) >= 11 is 0. The third-order valence-electron chi connectivity index (χ3n) is 4.66. The van der Waals surface area contributed by atoms with Crippen molar-refractivity contribution in [2.75, 3.05) is 51.8 Å². The van der Waals surface area contributed by atoms with Crippen LogP contribution < -0.4 is 20.1 Å². The van der Waals surface area contributed by atoms with Gasteiger partial charge in [-0.15, -0.1) is 24.8 Å². The van der Waals surface area contributed by atoms with E-state index in [1.807, 2.05) is 18.2 Å². The van der Waals surface area contributed by atoms with E-state index in [4.69, 9.17) is 9.47 Å². The number of anilines is 1. The van der Waals surface area contributed by atoms with Crippen molar-refractivity contribution in [2.24, 2.45) is 5.92 Å². The van der Waals surface area contributed by atoms with Crippen molar-refractivity contribution < 1.29 is 14.3 Å². The highest BCUT2D eigenvalue weighted by atomic mass is 35.5. The summed E-state index contributed by atoms with van der Waals surface area (Å²) in [5.74, 6) is 1.43. The summed E-state index contributed by atoms with van der Waals surface area (Å²) in [5, 5.41) is 6.27. The molecule has 0 radical (unpaired) electrons. The van der Waals surface area contributed by atoms with Crippen LogP contribution in [0, 0.1) is 5.92 Å². The average Bonchev–Trinajstić information content (AvgIpc) is 2.66. The number of benzene rings is 1. The fourth-order valence-electron chi connectivity index (χ4n) is 3.01. The van der Waals surface area contributed by atoms with Gasteiger partial charge in [-0.3, -0.25) is 4.79 Å². The van der Waals surface area contributed by atoms with E-state index in [0.29, 0.717) is 18.1 Å². The number of amides is 1. The number of ether oxygens (including phenoxy) is 2. The highest BCUT2D eigenvalue weighted by Gasteiger charge is 2.21. The van der Waals surface area contributed by atoms with E-state index in [2.05, 4.69) is 29.4 Å². The standard InChI is InChI=1S/C19H31N3O3.2ClH/c1-4-22(5-2)11-12-25-18-13-16(8-9-17(18)24-3)21-19(23)15-7-6-10-20-14-15;;/h8-9,13,15,20H,4-7,10-12,14H2,1-3H3,(H,21,23);2*1H. The Bertz CT molecular complexity index is 551. The van der Waals surface area contributed by atoms with Crippen molar-refractivity contribution in [3.8, 4) is 11.5 Å². The number of rotatable bonds is 9. The van der Waals surface area contributed by atoms with E-state index in [1.54, 1.807) is 7.11 Å². The molecule has 1 aliphatic heterocycles. The topological polar surface area (TPSA) is 62.8 Å². The molecule has 1 atom stereocenters. The van der Waals surface area contributed by atoms with Gasteiger partial charge in [0, 0.05) is 24.8 Å². The Morgan fingerprint density at radius 1 is 1.26 bits per heavy atom. The molecule has 1 fully saturated rings. The third-order valence-corrected chi connectivity index (χ3v) is 4.66. The SMILES string of the molecule is CCN(CC)CCOc1cc(NC(=O)C2CCCNC2)ccc1OC.Cl.Cl. The lowest BCUT2D eigenvalue weighted by molar-refractivity contribution is -0.120. The summed E-state index contributed by atoms with van der Waals surface area (Å²) in [4.78, 5) is 14.7. The molecule has 2 N–H and O–H groups in total. The van der Waals surface area contributed by atoms with Crippen LogP contribution in [0.4, 0.5) is 5.69 Å². The third kappa shape index (κ3) is 8.13. The Hall–Kier alpha value is -1.21. The van der Waals surface area contributed by atoms with Crippen molar-refractivity contribution in [1.82, 2.24) is 10.2 Å². The number of methoxy groups -OCH3 is 1. The fraction of sp³-hybridized carbons (Fsp3) is 0.632. The summed E-state index contributed by atoms with van der Waals surface area (Å²) in [7, 11) is 1.62. The summed E-state index contributed by atoms with van der Waals surface area (Å²) < 4.78 is 11.3. The molecule has 1 heterocycles. The van der Waals surface area contributed by atoms with Gasteiger partial charge in [-0.2, -0.15) is 0 Å². The number of halogens is 2. The van der Waals surface area contributed by atoms with E-state index in [-0.39, 0.29) is 36.6 Å². The first-order valence-corrected chi connectivity index (χ1v) is 9.22. The molecule has 0 bridgehead atoms. The highest BCUT2D eigenvalue weighted by Crippen LogP contribution is 2.30. The lowest BCUT2D eigenvalue weighted by atomic mass is 9.99. The molecule has 156 valence electrons. The van der Waals surface area contributed by atoms with Crippen molar-refractivity contribution in [3.63, 3.8) is 0 Å². The molecule has 0 spiro atoms. The zero-order valence-corrected chi connectivity index (χ0v) is 18.1. The fourth-order valence-corrected chi connectivity index (χ4v) is 3.01. The van der Waals surface area contributed by atoms with Gasteiger partial charge in [0.05, 0.1) is 13.0 Å². The Balaban J connectivity index is 0.00000338. The van der Waals surface area contributed by atoms with E-state index in [1.165, 1.54) is 0 Å². The molecule has 8 heteroatoms. The Kier molecular flexibility index (Phi) is 13.3. The van der Waals surface area contributed by atoms with Crippen LogP contribution in [-0.4, -0.2) is 57.2 Å². The quantitative estimate of drug-likeness (QED) is 0.640. The zero-order chi connectivity index (χ0) is 18.1. The Morgan fingerprint density at radius 2 is 2.00 bits per heavy atom. The molecule has 1 aliphatic rings. The van der Waals surface area contributed by atoms with Crippen LogP contribution in [0.15, 0.2) is 18.2 Å². The van der Waals surface area contributed by atoms with E-state index in [0.717, 1.165) is 51.3 Å². The molecule has 0 aromatic heterocycles. The number of piperidine rings is 1. The second kappa shape index (κ2) is 13.9. The van der Waals surface area contributed by atoms with Crippen molar-refractivity contribution in [2.45, 2.75) is 26.7 Å². The number of nitrogens with one attached hydrogen (secondary N) is 2. The number of likely N-dealkylation sites (N-methyl/N-ethyl adjacent to an activating group) is 1. The maximum Gasteiger partial charge on any atom is 0.228 e. The van der Waals surface area contributed by atoms with Crippen LogP contribution >= 0.6 is 24.8 Å². The molecule has 0 saturated carbocycles. The lowest BCUT2D eigenvalue weighted by Gasteiger charge is -2.22. The van der Waals surface area contributed by atoms with Gasteiger partial charge in [0.15, 0.2) is 11.5 Å². The Labute approximate surface area is 175 Å². The monoisotopic (exact) mass is 421 g/mol. The molecule has 1 aromatic carbocycles. The van der Waals surface area contributed by atoms with E-state index < -0.39 is 0 Å². The minimum atomic E-state index is 0. The summed E-state index contributed by atoms with van der Waals surface area (Å²) in [6.07, 6.45) is 1.97. The minimum Gasteiger partial charge on any atom is -0.493 e. The maximum absolute atomic E-state index is 12.4. The molecule has 1 amide bonds. The number of hydrogen-bond donors (Lipinski definition) is 2. The second-order valence-electron chi connectivity index (χ2n) is 6.27. The minimum absolute atomic E-state index is 0.